The summed E-state index contributed by atoms with van der Waals surface area (Å²) in [6, 6.07) is 7.94. The molecule has 1 amide bonds. The Labute approximate surface area is 204 Å². The fraction of sp³-hybridized carbons (Fsp3) is 0.364. The van der Waals surface area contributed by atoms with E-state index in [0.29, 0.717) is 34.7 Å². The molecule has 7 nitrogen and oxygen atoms in total. The van der Waals surface area contributed by atoms with Crippen LogP contribution in [0, 0.1) is 17.1 Å². The van der Waals surface area contributed by atoms with E-state index in [1.165, 1.54) is 18.3 Å². The molecule has 10 heteroatoms. The summed E-state index contributed by atoms with van der Waals surface area (Å²) >= 11 is 8.55. The molecule has 2 aromatic rings. The molecule has 1 saturated heterocycles. The van der Waals surface area contributed by atoms with Crippen LogP contribution in [0.4, 0.5) is 10.1 Å². The Bertz CT molecular complexity index is 1040. The number of likely N-dealkylation sites (tertiary alicyclic amines) is 1. The molecule has 1 aromatic heterocycles. The number of benzene rings is 1. The van der Waals surface area contributed by atoms with Gasteiger partial charge in [0.05, 0.1) is 29.2 Å². The Hall–Kier alpha value is -2.27. The largest absolute Gasteiger partial charge is 0.475 e. The molecule has 2 unspecified atom stereocenters. The van der Waals surface area contributed by atoms with Gasteiger partial charge in [0.15, 0.2) is 0 Å². The summed E-state index contributed by atoms with van der Waals surface area (Å²) in [5.74, 6) is 0.128. The number of carbonyl (C=O) groups excluding carboxylic acids is 1. The summed E-state index contributed by atoms with van der Waals surface area (Å²) in [4.78, 5) is 19.7. The Morgan fingerprint density at radius 2 is 2.31 bits per heavy atom. The normalized spacial score (nSPS) is 23.8. The number of nitrogens with one attached hydrogen (secondary N) is 2. The third kappa shape index (κ3) is 4.19. The minimum atomic E-state index is -0.425. The van der Waals surface area contributed by atoms with Gasteiger partial charge < -0.3 is 15.0 Å². The molecule has 4 rings (SSSR count). The van der Waals surface area contributed by atoms with Crippen LogP contribution >= 0.6 is 34.2 Å². The average Bonchev–Trinajstić information content (AvgIpc) is 2.77. The predicted molar refractivity (Wildman–Crippen MR) is 131 cm³/mol. The lowest BCUT2D eigenvalue weighted by Gasteiger charge is -2.70. The van der Waals surface area contributed by atoms with E-state index in [2.05, 4.69) is 38.1 Å². The van der Waals surface area contributed by atoms with E-state index in [-0.39, 0.29) is 11.9 Å². The summed E-state index contributed by atoms with van der Waals surface area (Å²) in [6.45, 7) is 0.301. The van der Waals surface area contributed by atoms with Gasteiger partial charge in [-0.15, -0.1) is 0 Å². The Kier molecular flexibility index (Phi) is 6.94. The number of ether oxygens (including phenoxy) is 1. The molecule has 32 heavy (non-hydrogen) atoms. The molecule has 1 aromatic carbocycles. The molecule has 1 saturated carbocycles. The number of pyridine rings is 1. The molecular weight excluding hydrogens is 548 g/mol. The molecule has 1 aliphatic carbocycles. The van der Waals surface area contributed by atoms with Crippen molar-refractivity contribution in [1.82, 2.24) is 9.88 Å². The number of nitrogens with zero attached hydrogens (tertiary/aromatic N) is 3. The highest BCUT2D eigenvalue weighted by molar-refractivity contribution is 14.1. The topological polar surface area (TPSA) is 90.7 Å². The van der Waals surface area contributed by atoms with E-state index in [1.807, 2.05) is 4.90 Å². The maximum absolute atomic E-state index is 13.8. The van der Waals surface area contributed by atoms with Crippen molar-refractivity contribution in [1.29, 1.82) is 5.41 Å². The molecule has 2 aliphatic rings. The molecular formula is C22H22ClFIN5O2. The second-order valence-corrected chi connectivity index (χ2v) is 9.33. The number of carbonyl (C=O) groups is 1. The Morgan fingerprint density at radius 1 is 1.47 bits per heavy atom. The van der Waals surface area contributed by atoms with Gasteiger partial charge in [-0.1, -0.05) is 34.2 Å². The second-order valence-electron chi connectivity index (χ2n) is 7.82. The highest BCUT2D eigenvalue weighted by atomic mass is 127. The lowest BCUT2D eigenvalue weighted by atomic mass is 9.54. The van der Waals surface area contributed by atoms with Crippen molar-refractivity contribution >= 4 is 58.2 Å². The van der Waals surface area contributed by atoms with Gasteiger partial charge in [0, 0.05) is 33.7 Å². The summed E-state index contributed by atoms with van der Waals surface area (Å²) in [5, 5.41) is 11.5. The van der Waals surface area contributed by atoms with Crippen molar-refractivity contribution in [3.63, 3.8) is 0 Å². The average molecular weight is 570 g/mol. The number of rotatable bonds is 9. The molecule has 0 radical (unpaired) electrons. The minimum Gasteiger partial charge on any atom is -0.475 e. The van der Waals surface area contributed by atoms with Crippen LogP contribution in [0.15, 0.2) is 41.6 Å². The van der Waals surface area contributed by atoms with Gasteiger partial charge in [-0.25, -0.2) is 9.37 Å². The number of aromatic nitrogens is 1. The number of piperidine rings is 1. The first-order chi connectivity index (χ1) is 15.5. The summed E-state index contributed by atoms with van der Waals surface area (Å²) in [6.07, 6.45) is 6.21. The molecule has 2 fully saturated rings. The van der Waals surface area contributed by atoms with Crippen LogP contribution < -0.4 is 10.2 Å². The van der Waals surface area contributed by atoms with Crippen LogP contribution in [-0.2, 0) is 0 Å². The number of fused-ring (bicyclic) bond motifs is 1. The minimum absolute atomic E-state index is 0.120. The predicted octanol–water partition coefficient (Wildman–Crippen LogP) is 4.80. The number of halogens is 3. The molecule has 168 valence electrons. The first-order valence-corrected chi connectivity index (χ1v) is 12.1. The monoisotopic (exact) mass is 569 g/mol. The van der Waals surface area contributed by atoms with Crippen molar-refractivity contribution in [2.75, 3.05) is 16.5 Å². The second kappa shape index (κ2) is 9.70. The lowest BCUT2D eigenvalue weighted by molar-refractivity contribution is -0.190. The smallest absolute Gasteiger partial charge is 0.256 e. The number of amides is 1. The van der Waals surface area contributed by atoms with Crippen molar-refractivity contribution in [3.05, 3.63) is 52.9 Å². The van der Waals surface area contributed by atoms with E-state index in [1.54, 1.807) is 18.2 Å². The fourth-order valence-corrected chi connectivity index (χ4v) is 5.49. The first kappa shape index (κ1) is 22.9. The van der Waals surface area contributed by atoms with Gasteiger partial charge in [-0.05, 0) is 43.5 Å². The number of anilines is 1. The molecule has 0 bridgehead atoms. The number of hydrogen-bond donors (Lipinski definition) is 2. The van der Waals surface area contributed by atoms with Gasteiger partial charge in [0.2, 0.25) is 5.88 Å². The zero-order valence-corrected chi connectivity index (χ0v) is 20.0. The lowest BCUT2D eigenvalue weighted by Crippen LogP contribution is -2.81. The quantitative estimate of drug-likeness (QED) is 0.197. The zero-order chi connectivity index (χ0) is 22.7. The van der Waals surface area contributed by atoms with Crippen molar-refractivity contribution in [2.45, 2.75) is 30.8 Å². The Balaban J connectivity index is 1.61. The van der Waals surface area contributed by atoms with E-state index in [4.69, 9.17) is 21.7 Å². The highest BCUT2D eigenvalue weighted by Gasteiger charge is 2.67. The number of hydrazone groups is 1. The van der Waals surface area contributed by atoms with E-state index in [0.717, 1.165) is 36.1 Å². The molecule has 2 N–H and O–H groups in total. The van der Waals surface area contributed by atoms with Crippen LogP contribution in [0.3, 0.4) is 0 Å². The maximum Gasteiger partial charge on any atom is 0.256 e. The standard InChI is InChI=1S/C22H22ClFIN5O2/c23-14-1-3-18(29-28-10-9-26)16(11-14)21(31)30-19(6-8-25)17-5-7-22(17,30)13-32-20-4-2-15(24)12-27-20/h1-4,9-12,17,19,26,29H,5-8,13H2/b26-9?,28-10-/t17-,19?,22?/m0/s1. The van der Waals surface area contributed by atoms with Crippen molar-refractivity contribution < 1.29 is 13.9 Å². The summed E-state index contributed by atoms with van der Waals surface area (Å²) in [5.41, 5.74) is 3.35. The molecule has 1 aliphatic heterocycles. The van der Waals surface area contributed by atoms with Crippen LogP contribution in [0.1, 0.15) is 29.6 Å². The molecule has 0 spiro atoms. The van der Waals surface area contributed by atoms with Crippen molar-refractivity contribution in [2.24, 2.45) is 11.0 Å². The maximum atomic E-state index is 13.8. The van der Waals surface area contributed by atoms with Crippen LogP contribution in [0.2, 0.25) is 5.02 Å². The van der Waals surface area contributed by atoms with Crippen LogP contribution in [0.5, 0.6) is 5.88 Å². The van der Waals surface area contributed by atoms with E-state index < -0.39 is 11.4 Å². The highest BCUT2D eigenvalue weighted by Crippen LogP contribution is 2.58. The van der Waals surface area contributed by atoms with Gasteiger partial charge in [0.1, 0.15) is 12.4 Å². The van der Waals surface area contributed by atoms with Crippen molar-refractivity contribution in [3.8, 4) is 5.88 Å². The van der Waals surface area contributed by atoms with Crippen LogP contribution in [-0.4, -0.2) is 50.8 Å². The fourth-order valence-electron chi connectivity index (χ4n) is 4.68. The summed E-state index contributed by atoms with van der Waals surface area (Å²) < 4.78 is 20.0. The number of alkyl halides is 1. The first-order valence-electron chi connectivity index (χ1n) is 10.2. The molecule has 3 atom stereocenters. The number of hydrogen-bond acceptors (Lipinski definition) is 6. The SMILES string of the molecule is N=C/C=N\Nc1ccc(Cl)cc1C(=O)N1C(CCI)[C@@H]2CCC21COc1ccc(F)cn1. The Morgan fingerprint density at radius 3 is 2.97 bits per heavy atom. The van der Waals surface area contributed by atoms with Crippen LogP contribution in [0.25, 0.3) is 0 Å². The summed E-state index contributed by atoms with van der Waals surface area (Å²) in [7, 11) is 0. The van der Waals surface area contributed by atoms with E-state index in [9.17, 15) is 9.18 Å². The van der Waals surface area contributed by atoms with Gasteiger partial charge in [0.25, 0.3) is 5.91 Å². The van der Waals surface area contributed by atoms with Gasteiger partial charge in [-0.2, -0.15) is 5.10 Å². The van der Waals surface area contributed by atoms with Gasteiger partial charge in [-0.3, -0.25) is 10.2 Å². The third-order valence-electron chi connectivity index (χ3n) is 6.19. The van der Waals surface area contributed by atoms with E-state index >= 15 is 0 Å². The molecule has 2 heterocycles. The third-order valence-corrected chi connectivity index (χ3v) is 7.05. The zero-order valence-electron chi connectivity index (χ0n) is 17.1. The van der Waals surface area contributed by atoms with Gasteiger partial charge >= 0.3 is 0 Å².